The van der Waals surface area contributed by atoms with Crippen molar-refractivity contribution in [2.24, 2.45) is 5.10 Å². The van der Waals surface area contributed by atoms with E-state index in [9.17, 15) is 14.4 Å². The Kier molecular flexibility index (Phi) is 10.2. The highest BCUT2D eigenvalue weighted by Gasteiger charge is 2.12. The number of hydrogen-bond acceptors (Lipinski definition) is 7. The van der Waals surface area contributed by atoms with Gasteiger partial charge in [0, 0.05) is 15.6 Å². The normalized spacial score (nSPS) is 10.6. The maximum absolute atomic E-state index is 12.6. The van der Waals surface area contributed by atoms with Gasteiger partial charge in [-0.2, -0.15) is 5.10 Å². The molecule has 0 aliphatic rings. The molecule has 2 N–H and O–H groups in total. The van der Waals surface area contributed by atoms with Gasteiger partial charge in [0.25, 0.3) is 11.8 Å². The third-order valence-corrected chi connectivity index (χ3v) is 5.30. The van der Waals surface area contributed by atoms with E-state index in [0.29, 0.717) is 41.4 Å². The largest absolute Gasteiger partial charge is 0.494 e. The Bertz CT molecular complexity index is 1260. The fourth-order valence-electron chi connectivity index (χ4n) is 3.07. The van der Waals surface area contributed by atoms with Crippen LogP contribution in [0.4, 0.5) is 0 Å². The van der Waals surface area contributed by atoms with Crippen molar-refractivity contribution in [2.75, 3.05) is 19.8 Å². The molecule has 192 valence electrons. The lowest BCUT2D eigenvalue weighted by molar-refractivity contribution is -0.120. The van der Waals surface area contributed by atoms with Crippen molar-refractivity contribution in [3.63, 3.8) is 0 Å². The minimum Gasteiger partial charge on any atom is -0.494 e. The van der Waals surface area contributed by atoms with Gasteiger partial charge in [0.05, 0.1) is 31.5 Å². The zero-order valence-electron chi connectivity index (χ0n) is 20.3. The van der Waals surface area contributed by atoms with Crippen molar-refractivity contribution in [1.82, 2.24) is 10.7 Å². The first-order valence-corrected chi connectivity index (χ1v) is 12.3. The Morgan fingerprint density at radius 3 is 2.05 bits per heavy atom. The Morgan fingerprint density at radius 2 is 1.46 bits per heavy atom. The summed E-state index contributed by atoms with van der Waals surface area (Å²) in [6, 6.07) is 18.2. The van der Waals surface area contributed by atoms with Crippen LogP contribution in [0.5, 0.6) is 17.2 Å². The first kappa shape index (κ1) is 27.4. The van der Waals surface area contributed by atoms with Crippen LogP contribution in [0, 0.1) is 0 Å². The van der Waals surface area contributed by atoms with Crippen LogP contribution in [0.15, 0.2) is 76.3 Å². The minimum atomic E-state index is -0.555. The highest BCUT2D eigenvalue weighted by Crippen LogP contribution is 2.23. The fraction of sp³-hybridized carbons (Fsp3) is 0.185. The third-order valence-electron chi connectivity index (χ3n) is 4.81. The molecule has 0 aromatic heterocycles. The highest BCUT2D eigenvalue weighted by atomic mass is 79.9. The number of carbonyl (C=O) groups excluding carboxylic acids is 3. The van der Waals surface area contributed by atoms with E-state index in [2.05, 4.69) is 31.8 Å². The summed E-state index contributed by atoms with van der Waals surface area (Å²) in [6.07, 6.45) is 1.34. The SMILES string of the molecule is CCOc1ccc(C(=O)NCC(=O)N/N=C\c2cc(Br)ccc2OC(=O)c2ccc(OCC)cc2)cc1. The van der Waals surface area contributed by atoms with E-state index in [0.717, 1.165) is 4.47 Å². The molecule has 0 fully saturated rings. The number of ether oxygens (including phenoxy) is 3. The second-order valence-electron chi connectivity index (χ2n) is 7.46. The van der Waals surface area contributed by atoms with E-state index in [1.807, 2.05) is 13.8 Å². The van der Waals surface area contributed by atoms with E-state index >= 15 is 0 Å². The quantitative estimate of drug-likeness (QED) is 0.154. The second kappa shape index (κ2) is 13.8. The fourth-order valence-corrected chi connectivity index (χ4v) is 3.45. The van der Waals surface area contributed by atoms with Crippen LogP contribution >= 0.6 is 15.9 Å². The molecule has 2 amide bonds. The van der Waals surface area contributed by atoms with Crippen molar-refractivity contribution in [2.45, 2.75) is 13.8 Å². The topological polar surface area (TPSA) is 115 Å². The number of esters is 1. The average molecular weight is 568 g/mol. The first-order valence-electron chi connectivity index (χ1n) is 11.5. The van der Waals surface area contributed by atoms with Gasteiger partial charge in [0.2, 0.25) is 0 Å². The summed E-state index contributed by atoms with van der Waals surface area (Å²) in [7, 11) is 0. The summed E-state index contributed by atoms with van der Waals surface area (Å²) in [5.41, 5.74) is 3.54. The summed E-state index contributed by atoms with van der Waals surface area (Å²) in [4.78, 5) is 37.0. The summed E-state index contributed by atoms with van der Waals surface area (Å²) in [5, 5.41) is 6.44. The number of nitrogens with zero attached hydrogens (tertiary/aromatic N) is 1. The number of carbonyl (C=O) groups is 3. The summed E-state index contributed by atoms with van der Waals surface area (Å²) in [5.74, 6) is 0.0752. The average Bonchev–Trinajstić information content (AvgIpc) is 2.90. The molecule has 37 heavy (non-hydrogen) atoms. The number of hydrogen-bond donors (Lipinski definition) is 2. The Morgan fingerprint density at radius 1 is 0.865 bits per heavy atom. The number of nitrogens with one attached hydrogen (secondary N) is 2. The van der Waals surface area contributed by atoms with Gasteiger partial charge in [-0.1, -0.05) is 15.9 Å². The number of halogens is 1. The molecule has 0 unspecified atom stereocenters. The molecule has 9 nitrogen and oxygen atoms in total. The molecule has 0 atom stereocenters. The molecule has 0 bridgehead atoms. The molecule has 3 aromatic carbocycles. The van der Waals surface area contributed by atoms with Crippen molar-refractivity contribution >= 4 is 39.9 Å². The van der Waals surface area contributed by atoms with Gasteiger partial charge in [-0.25, -0.2) is 10.2 Å². The number of benzene rings is 3. The molecule has 10 heteroatoms. The van der Waals surface area contributed by atoms with E-state index in [4.69, 9.17) is 14.2 Å². The zero-order chi connectivity index (χ0) is 26.6. The molecule has 0 spiro atoms. The monoisotopic (exact) mass is 567 g/mol. The van der Waals surface area contributed by atoms with E-state index in [-0.39, 0.29) is 12.3 Å². The molecule has 0 saturated heterocycles. The van der Waals surface area contributed by atoms with Crippen LogP contribution in [0.3, 0.4) is 0 Å². The summed E-state index contributed by atoms with van der Waals surface area (Å²) >= 11 is 3.37. The van der Waals surface area contributed by atoms with Gasteiger partial charge in [-0.05, 0) is 80.6 Å². The van der Waals surface area contributed by atoms with Crippen molar-refractivity contribution in [1.29, 1.82) is 0 Å². The lowest BCUT2D eigenvalue weighted by atomic mass is 10.2. The molecule has 0 aliphatic heterocycles. The molecule has 0 saturated carbocycles. The zero-order valence-corrected chi connectivity index (χ0v) is 21.9. The minimum absolute atomic E-state index is 0.254. The van der Waals surface area contributed by atoms with E-state index in [1.54, 1.807) is 66.7 Å². The van der Waals surface area contributed by atoms with Crippen LogP contribution in [0.25, 0.3) is 0 Å². The number of hydrazone groups is 1. The van der Waals surface area contributed by atoms with Crippen molar-refractivity contribution in [3.8, 4) is 17.2 Å². The predicted octanol–water partition coefficient (Wildman–Crippen LogP) is 4.35. The van der Waals surface area contributed by atoms with Crippen LogP contribution in [0.2, 0.25) is 0 Å². The van der Waals surface area contributed by atoms with Crippen LogP contribution in [0.1, 0.15) is 40.1 Å². The Hall–Kier alpha value is -4.18. The Labute approximate surface area is 222 Å². The summed E-state index contributed by atoms with van der Waals surface area (Å²) < 4.78 is 17.0. The van der Waals surface area contributed by atoms with E-state index < -0.39 is 17.8 Å². The lowest BCUT2D eigenvalue weighted by Gasteiger charge is -2.09. The van der Waals surface area contributed by atoms with Crippen LogP contribution in [-0.4, -0.2) is 43.8 Å². The third kappa shape index (κ3) is 8.46. The lowest BCUT2D eigenvalue weighted by Crippen LogP contribution is -2.34. The maximum Gasteiger partial charge on any atom is 0.343 e. The maximum atomic E-state index is 12.6. The van der Waals surface area contributed by atoms with Gasteiger partial charge < -0.3 is 19.5 Å². The van der Waals surface area contributed by atoms with Crippen LogP contribution in [-0.2, 0) is 4.79 Å². The molecule has 3 rings (SSSR count). The Balaban J connectivity index is 1.55. The van der Waals surface area contributed by atoms with Crippen LogP contribution < -0.4 is 25.0 Å². The molecular formula is C27H26BrN3O6. The second-order valence-corrected chi connectivity index (χ2v) is 8.38. The van der Waals surface area contributed by atoms with Gasteiger partial charge in [0.1, 0.15) is 17.2 Å². The standard InChI is InChI=1S/C27H26BrN3O6/c1-3-35-22-10-5-18(6-11-22)26(33)29-17-25(32)31-30-16-20-15-21(28)9-14-24(20)37-27(34)19-7-12-23(13-8-19)36-4-2/h5-16H,3-4,17H2,1-2H3,(H,29,33)(H,31,32)/b30-16-. The van der Waals surface area contributed by atoms with Gasteiger partial charge >= 0.3 is 5.97 Å². The molecule has 3 aromatic rings. The molecule has 0 radical (unpaired) electrons. The first-order chi connectivity index (χ1) is 17.9. The van der Waals surface area contributed by atoms with Gasteiger partial charge in [-0.15, -0.1) is 0 Å². The molecule has 0 aliphatic carbocycles. The smallest absolute Gasteiger partial charge is 0.343 e. The summed E-state index contributed by atoms with van der Waals surface area (Å²) in [6.45, 7) is 4.52. The number of rotatable bonds is 11. The van der Waals surface area contributed by atoms with Gasteiger partial charge in [0.15, 0.2) is 0 Å². The predicted molar refractivity (Wildman–Crippen MR) is 142 cm³/mol. The van der Waals surface area contributed by atoms with E-state index in [1.165, 1.54) is 6.21 Å². The molecular weight excluding hydrogens is 542 g/mol. The molecule has 0 heterocycles. The van der Waals surface area contributed by atoms with Crippen molar-refractivity contribution < 1.29 is 28.6 Å². The van der Waals surface area contributed by atoms with Crippen molar-refractivity contribution in [3.05, 3.63) is 87.9 Å². The highest BCUT2D eigenvalue weighted by molar-refractivity contribution is 9.10. The van der Waals surface area contributed by atoms with Gasteiger partial charge in [-0.3, -0.25) is 9.59 Å². The number of amides is 2.